The SMILES string of the molecule is CN(C)c1ccc(CNC(=O)C2CCN(Cc3cc4ccccc4n3Cc3cccc(F)c3)CC2)cc1. The Morgan fingerprint density at radius 2 is 1.68 bits per heavy atom. The number of carbonyl (C=O) groups is 1. The predicted molar refractivity (Wildman–Crippen MR) is 148 cm³/mol. The molecule has 0 radical (unpaired) electrons. The smallest absolute Gasteiger partial charge is 0.223 e. The molecular formula is C31H35FN4O. The van der Waals surface area contributed by atoms with E-state index in [1.165, 1.54) is 17.1 Å². The third kappa shape index (κ3) is 6.03. The number of nitrogens with zero attached hydrogens (tertiary/aromatic N) is 3. The largest absolute Gasteiger partial charge is 0.378 e. The van der Waals surface area contributed by atoms with E-state index >= 15 is 0 Å². The number of carbonyl (C=O) groups excluding carboxylic acids is 1. The van der Waals surface area contributed by atoms with E-state index in [9.17, 15) is 9.18 Å². The molecule has 4 aromatic rings. The van der Waals surface area contributed by atoms with Crippen molar-refractivity contribution in [1.29, 1.82) is 0 Å². The molecule has 1 aliphatic heterocycles. The molecule has 1 aromatic heterocycles. The zero-order chi connectivity index (χ0) is 25.8. The number of anilines is 1. The standard InChI is InChI=1S/C31H35FN4O/c1-34(2)28-12-10-23(11-13-28)20-33-31(37)25-14-16-35(17-15-25)22-29-19-26-7-3-4-9-30(26)36(29)21-24-6-5-8-27(32)18-24/h3-13,18-19,25H,14-17,20-22H2,1-2H3,(H,33,37). The summed E-state index contributed by atoms with van der Waals surface area (Å²) in [6, 6.07) is 25.7. The molecule has 1 N–H and O–H groups in total. The van der Waals surface area contributed by atoms with Gasteiger partial charge in [0.1, 0.15) is 5.82 Å². The van der Waals surface area contributed by atoms with Crippen molar-refractivity contribution < 1.29 is 9.18 Å². The van der Waals surface area contributed by atoms with Crippen LogP contribution < -0.4 is 10.2 Å². The van der Waals surface area contributed by atoms with E-state index in [0.29, 0.717) is 13.1 Å². The van der Waals surface area contributed by atoms with Crippen LogP contribution in [0.25, 0.3) is 10.9 Å². The molecule has 2 heterocycles. The average Bonchev–Trinajstić information content (AvgIpc) is 3.24. The van der Waals surface area contributed by atoms with Gasteiger partial charge in [-0.05, 0) is 78.8 Å². The van der Waals surface area contributed by atoms with Crippen LogP contribution in [-0.2, 0) is 24.4 Å². The van der Waals surface area contributed by atoms with Gasteiger partial charge in [0.15, 0.2) is 0 Å². The van der Waals surface area contributed by atoms with Gasteiger partial charge in [0.2, 0.25) is 5.91 Å². The van der Waals surface area contributed by atoms with Gasteiger partial charge in [-0.15, -0.1) is 0 Å². The predicted octanol–water partition coefficient (Wildman–Crippen LogP) is 5.42. The summed E-state index contributed by atoms with van der Waals surface area (Å²) in [5.74, 6) is -0.00607. The number of halogens is 1. The van der Waals surface area contributed by atoms with Crippen LogP contribution in [0.15, 0.2) is 78.9 Å². The third-order valence-electron chi connectivity index (χ3n) is 7.39. The van der Waals surface area contributed by atoms with Gasteiger partial charge in [-0.3, -0.25) is 9.69 Å². The Labute approximate surface area is 218 Å². The summed E-state index contributed by atoms with van der Waals surface area (Å²) in [6.07, 6.45) is 1.71. The molecule has 1 fully saturated rings. The minimum atomic E-state index is -0.207. The molecule has 0 atom stereocenters. The van der Waals surface area contributed by atoms with Gasteiger partial charge < -0.3 is 14.8 Å². The Bertz CT molecular complexity index is 1350. The number of rotatable bonds is 8. The van der Waals surface area contributed by atoms with Crippen LogP contribution in [0, 0.1) is 11.7 Å². The Morgan fingerprint density at radius 1 is 0.919 bits per heavy atom. The van der Waals surface area contributed by atoms with Gasteiger partial charge in [0.05, 0.1) is 0 Å². The molecule has 0 spiro atoms. The zero-order valence-electron chi connectivity index (χ0n) is 21.7. The number of benzene rings is 3. The lowest BCUT2D eigenvalue weighted by Crippen LogP contribution is -2.40. The summed E-state index contributed by atoms with van der Waals surface area (Å²) >= 11 is 0. The monoisotopic (exact) mass is 498 g/mol. The molecule has 0 aliphatic carbocycles. The van der Waals surface area contributed by atoms with Crippen LogP contribution >= 0.6 is 0 Å². The number of likely N-dealkylation sites (tertiary alicyclic amines) is 1. The number of hydrogen-bond donors (Lipinski definition) is 1. The number of piperidine rings is 1. The van der Waals surface area contributed by atoms with Crippen molar-refractivity contribution in [3.8, 4) is 0 Å². The molecule has 1 aliphatic rings. The molecule has 5 rings (SSSR count). The quantitative estimate of drug-likeness (QED) is 0.353. The van der Waals surface area contributed by atoms with Gasteiger partial charge in [-0.1, -0.05) is 42.5 Å². The molecule has 0 saturated carbocycles. The van der Waals surface area contributed by atoms with E-state index in [1.807, 2.05) is 20.2 Å². The van der Waals surface area contributed by atoms with Crippen LogP contribution in [0.1, 0.15) is 29.7 Å². The number of aromatic nitrogens is 1. The minimum absolute atomic E-state index is 0.0513. The number of hydrogen-bond acceptors (Lipinski definition) is 3. The van der Waals surface area contributed by atoms with Crippen molar-refractivity contribution in [2.24, 2.45) is 5.92 Å². The normalized spacial score (nSPS) is 14.7. The highest BCUT2D eigenvalue weighted by Gasteiger charge is 2.25. The van der Waals surface area contributed by atoms with Gasteiger partial charge in [-0.25, -0.2) is 4.39 Å². The van der Waals surface area contributed by atoms with Crippen molar-refractivity contribution in [2.75, 3.05) is 32.1 Å². The average molecular weight is 499 g/mol. The molecule has 5 nitrogen and oxygen atoms in total. The second kappa shape index (κ2) is 11.2. The fraction of sp³-hybridized carbons (Fsp3) is 0.323. The van der Waals surface area contributed by atoms with Gasteiger partial charge >= 0.3 is 0 Å². The Morgan fingerprint density at radius 3 is 2.41 bits per heavy atom. The topological polar surface area (TPSA) is 40.5 Å². The molecule has 192 valence electrons. The first-order chi connectivity index (χ1) is 18.0. The summed E-state index contributed by atoms with van der Waals surface area (Å²) in [7, 11) is 4.04. The summed E-state index contributed by atoms with van der Waals surface area (Å²) in [6.45, 7) is 3.78. The maximum atomic E-state index is 13.8. The Balaban J connectivity index is 1.19. The number of nitrogens with one attached hydrogen (secondary N) is 1. The summed E-state index contributed by atoms with van der Waals surface area (Å²) in [5.41, 5.74) is 5.60. The van der Waals surface area contributed by atoms with Crippen LogP contribution in [0.4, 0.5) is 10.1 Å². The molecule has 0 bridgehead atoms. The van der Waals surface area contributed by atoms with E-state index in [1.54, 1.807) is 12.1 Å². The minimum Gasteiger partial charge on any atom is -0.378 e. The first kappa shape index (κ1) is 25.0. The second-order valence-corrected chi connectivity index (χ2v) is 10.2. The lowest BCUT2D eigenvalue weighted by molar-refractivity contribution is -0.126. The van der Waals surface area contributed by atoms with Crippen molar-refractivity contribution in [3.05, 3.63) is 102 Å². The fourth-order valence-electron chi connectivity index (χ4n) is 5.23. The number of amides is 1. The van der Waals surface area contributed by atoms with Crippen LogP contribution in [-0.4, -0.2) is 42.6 Å². The van der Waals surface area contributed by atoms with Crippen LogP contribution in [0.5, 0.6) is 0 Å². The Kier molecular flexibility index (Phi) is 7.56. The lowest BCUT2D eigenvalue weighted by atomic mass is 9.95. The van der Waals surface area contributed by atoms with Gasteiger partial charge in [0.25, 0.3) is 0 Å². The van der Waals surface area contributed by atoms with Crippen LogP contribution in [0.2, 0.25) is 0 Å². The zero-order valence-corrected chi connectivity index (χ0v) is 21.7. The van der Waals surface area contributed by atoms with E-state index in [4.69, 9.17) is 0 Å². The highest BCUT2D eigenvalue weighted by atomic mass is 19.1. The summed E-state index contributed by atoms with van der Waals surface area (Å²) < 4.78 is 16.1. The first-order valence-corrected chi connectivity index (χ1v) is 13.0. The Hall–Kier alpha value is -3.64. The van der Waals surface area contributed by atoms with Crippen molar-refractivity contribution in [3.63, 3.8) is 0 Å². The molecule has 1 amide bonds. The molecule has 6 heteroatoms. The third-order valence-corrected chi connectivity index (χ3v) is 7.39. The van der Waals surface area contributed by atoms with E-state index in [2.05, 4.69) is 74.3 Å². The second-order valence-electron chi connectivity index (χ2n) is 10.2. The molecular weight excluding hydrogens is 463 g/mol. The van der Waals surface area contributed by atoms with Gasteiger partial charge in [-0.2, -0.15) is 0 Å². The van der Waals surface area contributed by atoms with Crippen molar-refractivity contribution >= 4 is 22.5 Å². The number of para-hydroxylation sites is 1. The van der Waals surface area contributed by atoms with E-state index in [0.717, 1.165) is 54.8 Å². The van der Waals surface area contributed by atoms with E-state index < -0.39 is 0 Å². The molecule has 37 heavy (non-hydrogen) atoms. The summed E-state index contributed by atoms with van der Waals surface area (Å²) in [4.78, 5) is 17.3. The lowest BCUT2D eigenvalue weighted by Gasteiger charge is -2.31. The van der Waals surface area contributed by atoms with Crippen LogP contribution in [0.3, 0.4) is 0 Å². The fourth-order valence-corrected chi connectivity index (χ4v) is 5.23. The van der Waals surface area contributed by atoms with Gasteiger partial charge in [0, 0.05) is 56.5 Å². The highest BCUT2D eigenvalue weighted by Crippen LogP contribution is 2.25. The van der Waals surface area contributed by atoms with E-state index in [-0.39, 0.29) is 17.6 Å². The first-order valence-electron chi connectivity index (χ1n) is 13.0. The maximum absolute atomic E-state index is 13.8. The molecule has 1 saturated heterocycles. The molecule has 0 unspecified atom stereocenters. The van der Waals surface area contributed by atoms with Crippen molar-refractivity contribution in [2.45, 2.75) is 32.5 Å². The maximum Gasteiger partial charge on any atom is 0.223 e. The number of fused-ring (bicyclic) bond motifs is 1. The van der Waals surface area contributed by atoms with Crippen molar-refractivity contribution in [1.82, 2.24) is 14.8 Å². The highest BCUT2D eigenvalue weighted by molar-refractivity contribution is 5.81. The summed E-state index contributed by atoms with van der Waals surface area (Å²) in [5, 5.41) is 4.33. The molecule has 3 aromatic carbocycles.